The Balaban J connectivity index is 1.55. The van der Waals surface area contributed by atoms with Gasteiger partial charge < -0.3 is 14.6 Å². The molecule has 1 aliphatic rings. The van der Waals surface area contributed by atoms with Gasteiger partial charge in [-0.05, 0) is 36.5 Å². The van der Waals surface area contributed by atoms with Crippen LogP contribution in [0.25, 0.3) is 0 Å². The molecule has 0 unspecified atom stereocenters. The van der Waals surface area contributed by atoms with E-state index in [-0.39, 0.29) is 29.3 Å². The van der Waals surface area contributed by atoms with Crippen LogP contribution in [0.2, 0.25) is 0 Å². The molecule has 0 spiro atoms. The summed E-state index contributed by atoms with van der Waals surface area (Å²) in [5.74, 6) is -1.44. The predicted octanol–water partition coefficient (Wildman–Crippen LogP) is 2.73. The van der Waals surface area contributed by atoms with Crippen LogP contribution >= 0.6 is 0 Å². The molecular weight excluding hydrogens is 331 g/mol. The number of hydrogen-bond donors (Lipinski definition) is 2. The van der Waals surface area contributed by atoms with Crippen LogP contribution < -0.4 is 9.47 Å². The highest BCUT2D eigenvalue weighted by atomic mass is 19.4. The second-order valence-corrected chi connectivity index (χ2v) is 5.32. The molecule has 0 saturated heterocycles. The molecule has 0 bridgehead atoms. The number of ether oxygens (including phenoxy) is 2. The number of carboxylic acids is 1. The van der Waals surface area contributed by atoms with Crippen molar-refractivity contribution in [2.45, 2.75) is 31.2 Å². The van der Waals surface area contributed by atoms with Gasteiger partial charge in [0.25, 0.3) is 5.88 Å². The van der Waals surface area contributed by atoms with Crippen LogP contribution in [-0.4, -0.2) is 39.0 Å². The Bertz CT molecular complexity index is 724. The van der Waals surface area contributed by atoms with Crippen LogP contribution in [0.3, 0.4) is 0 Å². The zero-order valence-corrected chi connectivity index (χ0v) is 12.1. The molecule has 1 heterocycles. The van der Waals surface area contributed by atoms with E-state index in [1.54, 1.807) is 12.1 Å². The summed E-state index contributed by atoms with van der Waals surface area (Å²) in [6.07, 6.45) is -3.73. The molecule has 1 aromatic heterocycles. The fourth-order valence-electron chi connectivity index (χ4n) is 2.47. The van der Waals surface area contributed by atoms with Crippen molar-refractivity contribution in [3.05, 3.63) is 35.5 Å². The second-order valence-electron chi connectivity index (χ2n) is 5.32. The van der Waals surface area contributed by atoms with Crippen LogP contribution in [0, 0.1) is 0 Å². The van der Waals surface area contributed by atoms with Gasteiger partial charge in [0.2, 0.25) is 5.69 Å². The largest absolute Gasteiger partial charge is 0.573 e. The van der Waals surface area contributed by atoms with Crippen LogP contribution in [0.4, 0.5) is 13.2 Å². The van der Waals surface area contributed by atoms with Crippen molar-refractivity contribution in [1.82, 2.24) is 15.4 Å². The highest BCUT2D eigenvalue weighted by Gasteiger charge is 2.34. The minimum Gasteiger partial charge on any atom is -0.476 e. The molecule has 7 nitrogen and oxygen atoms in total. The van der Waals surface area contributed by atoms with Crippen LogP contribution in [0.5, 0.6) is 11.6 Å². The van der Waals surface area contributed by atoms with Gasteiger partial charge in [0.05, 0.1) is 0 Å². The van der Waals surface area contributed by atoms with E-state index < -0.39 is 12.3 Å². The number of aromatic carboxylic acids is 1. The van der Waals surface area contributed by atoms with E-state index in [1.165, 1.54) is 12.1 Å². The molecular formula is C14H12F3N3O4. The van der Waals surface area contributed by atoms with Crippen LogP contribution in [-0.2, 0) is 0 Å². The Morgan fingerprint density at radius 3 is 2.50 bits per heavy atom. The molecule has 0 atom stereocenters. The summed E-state index contributed by atoms with van der Waals surface area (Å²) in [6, 6.07) is 5.66. The average Bonchev–Trinajstić information content (AvgIpc) is 2.90. The lowest BCUT2D eigenvalue weighted by atomic mass is 9.77. The van der Waals surface area contributed by atoms with Gasteiger partial charge in [-0.1, -0.05) is 22.4 Å². The maximum absolute atomic E-state index is 12.1. The summed E-state index contributed by atoms with van der Waals surface area (Å²) in [6.45, 7) is 0. The zero-order valence-electron chi connectivity index (χ0n) is 12.1. The van der Waals surface area contributed by atoms with Gasteiger partial charge in [0, 0.05) is 0 Å². The van der Waals surface area contributed by atoms with Crippen LogP contribution in [0.15, 0.2) is 24.3 Å². The normalized spacial score (nSPS) is 20.3. The first-order valence-electron chi connectivity index (χ1n) is 6.98. The Morgan fingerprint density at radius 2 is 1.92 bits per heavy atom. The maximum Gasteiger partial charge on any atom is 0.573 e. The third-order valence-corrected chi connectivity index (χ3v) is 3.69. The van der Waals surface area contributed by atoms with Gasteiger partial charge in [0.15, 0.2) is 0 Å². The van der Waals surface area contributed by atoms with Crippen molar-refractivity contribution in [2.75, 3.05) is 0 Å². The quantitative estimate of drug-likeness (QED) is 0.866. The SMILES string of the molecule is O=C(O)c1[nH]nnc1OC1CC(c2ccc(OC(F)(F)F)cc2)C1. The van der Waals surface area contributed by atoms with Crippen molar-refractivity contribution < 1.29 is 32.5 Å². The second kappa shape index (κ2) is 6.02. The maximum atomic E-state index is 12.1. The number of carboxylic acid groups (broad SMARTS) is 1. The lowest BCUT2D eigenvalue weighted by molar-refractivity contribution is -0.274. The first kappa shape index (κ1) is 16.1. The Kier molecular flexibility index (Phi) is 4.04. The number of nitrogens with one attached hydrogen (secondary N) is 1. The van der Waals surface area contributed by atoms with E-state index in [4.69, 9.17) is 9.84 Å². The summed E-state index contributed by atoms with van der Waals surface area (Å²) in [7, 11) is 0. The van der Waals surface area contributed by atoms with Gasteiger partial charge in [-0.25, -0.2) is 9.89 Å². The standard InChI is InChI=1S/C14H12F3N3O4/c15-14(16,17)24-9-3-1-7(2-4-9)8-5-10(6-8)23-12-11(13(21)22)18-20-19-12/h1-4,8,10H,5-6H2,(H,21,22)(H,18,19,20). The minimum atomic E-state index is -4.71. The molecule has 0 radical (unpaired) electrons. The molecule has 1 fully saturated rings. The summed E-state index contributed by atoms with van der Waals surface area (Å²) in [5.41, 5.74) is 0.648. The van der Waals surface area contributed by atoms with Crippen molar-refractivity contribution in [3.8, 4) is 11.6 Å². The van der Waals surface area contributed by atoms with Crippen molar-refractivity contribution in [3.63, 3.8) is 0 Å². The first-order chi connectivity index (χ1) is 11.3. The summed E-state index contributed by atoms with van der Waals surface area (Å²) in [4.78, 5) is 10.9. The number of nitrogens with zero attached hydrogens (tertiary/aromatic N) is 2. The summed E-state index contributed by atoms with van der Waals surface area (Å²) < 4.78 is 45.6. The van der Waals surface area contributed by atoms with E-state index in [1.807, 2.05) is 0 Å². The van der Waals surface area contributed by atoms with Gasteiger partial charge in [0.1, 0.15) is 11.9 Å². The molecule has 10 heteroatoms. The number of halogens is 3. The third kappa shape index (κ3) is 3.58. The molecule has 2 aromatic rings. The van der Waals surface area contributed by atoms with Gasteiger partial charge in [-0.2, -0.15) is 0 Å². The summed E-state index contributed by atoms with van der Waals surface area (Å²) >= 11 is 0. The molecule has 1 saturated carbocycles. The van der Waals surface area contributed by atoms with E-state index in [9.17, 15) is 18.0 Å². The molecule has 2 N–H and O–H groups in total. The Hall–Kier alpha value is -2.78. The zero-order chi connectivity index (χ0) is 17.3. The lowest BCUT2D eigenvalue weighted by Gasteiger charge is -2.35. The molecule has 0 amide bonds. The summed E-state index contributed by atoms with van der Waals surface area (Å²) in [5, 5.41) is 18.1. The average molecular weight is 343 g/mol. The van der Waals surface area contributed by atoms with Gasteiger partial charge in [-0.3, -0.25) is 0 Å². The number of carbonyl (C=O) groups is 1. The predicted molar refractivity (Wildman–Crippen MR) is 72.9 cm³/mol. The Labute approximate surface area is 133 Å². The molecule has 24 heavy (non-hydrogen) atoms. The third-order valence-electron chi connectivity index (χ3n) is 3.69. The minimum absolute atomic E-state index is 0.0696. The van der Waals surface area contributed by atoms with Gasteiger partial charge in [-0.15, -0.1) is 13.2 Å². The molecule has 0 aliphatic heterocycles. The molecule has 1 aliphatic carbocycles. The van der Waals surface area contributed by atoms with E-state index in [0.717, 1.165) is 5.56 Å². The monoisotopic (exact) mass is 343 g/mol. The van der Waals surface area contributed by atoms with E-state index in [0.29, 0.717) is 12.8 Å². The fourth-order valence-corrected chi connectivity index (χ4v) is 2.47. The van der Waals surface area contributed by atoms with Crippen molar-refractivity contribution in [1.29, 1.82) is 0 Å². The number of hydrogen-bond acceptors (Lipinski definition) is 5. The van der Waals surface area contributed by atoms with E-state index in [2.05, 4.69) is 20.1 Å². The number of aromatic nitrogens is 3. The van der Waals surface area contributed by atoms with Crippen molar-refractivity contribution >= 4 is 5.97 Å². The number of rotatable bonds is 5. The smallest absolute Gasteiger partial charge is 0.476 e. The fraction of sp³-hybridized carbons (Fsp3) is 0.357. The van der Waals surface area contributed by atoms with Crippen LogP contribution in [0.1, 0.15) is 34.8 Å². The highest BCUT2D eigenvalue weighted by Crippen LogP contribution is 2.39. The number of benzene rings is 1. The van der Waals surface area contributed by atoms with Crippen molar-refractivity contribution in [2.24, 2.45) is 0 Å². The molecule has 3 rings (SSSR count). The lowest BCUT2D eigenvalue weighted by Crippen LogP contribution is -2.32. The molecule has 1 aromatic carbocycles. The molecule has 128 valence electrons. The topological polar surface area (TPSA) is 97.3 Å². The number of aromatic amines is 1. The Morgan fingerprint density at radius 1 is 1.25 bits per heavy atom. The number of alkyl halides is 3. The first-order valence-corrected chi connectivity index (χ1v) is 6.98. The highest BCUT2D eigenvalue weighted by molar-refractivity contribution is 5.87. The van der Waals surface area contributed by atoms with E-state index >= 15 is 0 Å². The number of H-pyrrole nitrogens is 1. The van der Waals surface area contributed by atoms with Gasteiger partial charge >= 0.3 is 12.3 Å².